The molecule has 13 heavy (non-hydrogen) atoms. The zero-order valence-corrected chi connectivity index (χ0v) is 9.41. The maximum absolute atomic E-state index is 7.72. The molecule has 0 radical (unpaired) electrons. The Morgan fingerprint density at radius 3 is 2.46 bits per heavy atom. The van der Waals surface area contributed by atoms with Crippen LogP contribution >= 0.6 is 22.6 Å². The second-order valence-corrected chi connectivity index (χ2v) is 4.42. The van der Waals surface area contributed by atoms with Gasteiger partial charge in [-0.1, -0.05) is 0 Å². The van der Waals surface area contributed by atoms with Gasteiger partial charge >= 0.3 is 0 Å². The second kappa shape index (κ2) is 3.65. The highest BCUT2D eigenvalue weighted by atomic mass is 127. The Bertz CT molecular complexity index is 318. The van der Waals surface area contributed by atoms with Gasteiger partial charge in [0.1, 0.15) is 5.84 Å². The van der Waals surface area contributed by atoms with Crippen molar-refractivity contribution in [1.82, 2.24) is 0 Å². The van der Waals surface area contributed by atoms with Crippen molar-refractivity contribution in [3.8, 4) is 0 Å². The molecule has 1 aliphatic heterocycles. The summed E-state index contributed by atoms with van der Waals surface area (Å²) in [7, 11) is 0. The van der Waals surface area contributed by atoms with Crippen LogP contribution in [0.3, 0.4) is 0 Å². The van der Waals surface area contributed by atoms with E-state index in [0.717, 1.165) is 30.9 Å². The zero-order chi connectivity index (χ0) is 9.26. The van der Waals surface area contributed by atoms with Gasteiger partial charge in [0.05, 0.1) is 0 Å². The summed E-state index contributed by atoms with van der Waals surface area (Å²) in [5, 5.41) is 7.72. The Morgan fingerprint density at radius 2 is 1.92 bits per heavy atom. The molecule has 0 spiro atoms. The van der Waals surface area contributed by atoms with Crippen LogP contribution in [0.25, 0.3) is 0 Å². The highest BCUT2D eigenvalue weighted by Gasteiger charge is 2.17. The van der Waals surface area contributed by atoms with E-state index in [1.165, 1.54) is 3.57 Å². The van der Waals surface area contributed by atoms with E-state index < -0.39 is 0 Å². The van der Waals surface area contributed by atoms with Crippen molar-refractivity contribution in [1.29, 1.82) is 5.41 Å². The summed E-state index contributed by atoms with van der Waals surface area (Å²) in [6, 6.07) is 8.34. The Balaban J connectivity index is 2.25. The lowest BCUT2D eigenvalue weighted by Gasteiger charge is -2.17. The van der Waals surface area contributed by atoms with Gasteiger partial charge in [-0.25, -0.2) is 0 Å². The highest BCUT2D eigenvalue weighted by molar-refractivity contribution is 14.1. The Morgan fingerprint density at radius 1 is 1.23 bits per heavy atom. The summed E-state index contributed by atoms with van der Waals surface area (Å²) < 4.78 is 1.24. The van der Waals surface area contributed by atoms with Crippen LogP contribution in [0.1, 0.15) is 12.8 Å². The Kier molecular flexibility index (Phi) is 2.53. The molecule has 2 nitrogen and oxygen atoms in total. The second-order valence-electron chi connectivity index (χ2n) is 3.18. The lowest BCUT2D eigenvalue weighted by Crippen LogP contribution is -2.22. The molecule has 0 amide bonds. The number of hydrogen-bond acceptors (Lipinski definition) is 1. The standard InChI is InChI=1S/C10H11IN2/c11-8-3-5-9(6-4-8)13-7-1-2-10(13)12/h3-6,12H,1-2,7H2. The number of nitrogens with zero attached hydrogens (tertiary/aromatic N) is 1. The van der Waals surface area contributed by atoms with Crippen LogP contribution in [0.2, 0.25) is 0 Å². The van der Waals surface area contributed by atoms with E-state index in [0.29, 0.717) is 0 Å². The first-order chi connectivity index (χ1) is 6.27. The number of halogens is 1. The third-order valence-corrected chi connectivity index (χ3v) is 2.98. The van der Waals surface area contributed by atoms with Crippen LogP contribution in [-0.2, 0) is 0 Å². The number of hydrogen-bond donors (Lipinski definition) is 1. The van der Waals surface area contributed by atoms with Gasteiger partial charge in [-0.3, -0.25) is 5.41 Å². The molecular formula is C10H11IN2. The zero-order valence-electron chi connectivity index (χ0n) is 7.26. The molecule has 3 heteroatoms. The topological polar surface area (TPSA) is 27.1 Å². The van der Waals surface area contributed by atoms with Crippen molar-refractivity contribution in [2.24, 2.45) is 0 Å². The maximum atomic E-state index is 7.72. The summed E-state index contributed by atoms with van der Waals surface area (Å²) >= 11 is 2.29. The van der Waals surface area contributed by atoms with E-state index >= 15 is 0 Å². The molecule has 2 rings (SSSR count). The third kappa shape index (κ3) is 1.85. The minimum absolute atomic E-state index is 0.751. The van der Waals surface area contributed by atoms with Crippen LogP contribution in [-0.4, -0.2) is 12.4 Å². The Labute approximate surface area is 91.6 Å². The summed E-state index contributed by atoms with van der Waals surface area (Å²) in [5.74, 6) is 0.751. The van der Waals surface area contributed by atoms with Crippen molar-refractivity contribution in [2.45, 2.75) is 12.8 Å². The van der Waals surface area contributed by atoms with Gasteiger partial charge in [-0.2, -0.15) is 0 Å². The van der Waals surface area contributed by atoms with Crippen molar-refractivity contribution >= 4 is 34.1 Å². The summed E-state index contributed by atoms with van der Waals surface area (Å²) in [4.78, 5) is 2.08. The lowest BCUT2D eigenvalue weighted by atomic mass is 10.3. The molecule has 1 N–H and O–H groups in total. The van der Waals surface area contributed by atoms with Crippen LogP contribution in [0.15, 0.2) is 24.3 Å². The largest absolute Gasteiger partial charge is 0.330 e. The van der Waals surface area contributed by atoms with Crippen molar-refractivity contribution in [2.75, 3.05) is 11.4 Å². The first kappa shape index (κ1) is 8.99. The summed E-state index contributed by atoms with van der Waals surface area (Å²) in [6.45, 7) is 0.999. The fraction of sp³-hybridized carbons (Fsp3) is 0.300. The predicted molar refractivity (Wildman–Crippen MR) is 63.5 cm³/mol. The molecule has 68 valence electrons. The number of nitrogens with one attached hydrogen (secondary N) is 1. The number of rotatable bonds is 1. The average molecular weight is 286 g/mol. The summed E-state index contributed by atoms with van der Waals surface area (Å²) in [6.07, 6.45) is 2.04. The molecule has 0 saturated carbocycles. The van der Waals surface area contributed by atoms with Crippen molar-refractivity contribution in [3.63, 3.8) is 0 Å². The van der Waals surface area contributed by atoms with E-state index in [1.54, 1.807) is 0 Å². The molecule has 1 aromatic rings. The third-order valence-electron chi connectivity index (χ3n) is 2.26. The van der Waals surface area contributed by atoms with Crippen molar-refractivity contribution in [3.05, 3.63) is 27.8 Å². The maximum Gasteiger partial charge on any atom is 0.100 e. The smallest absolute Gasteiger partial charge is 0.100 e. The van der Waals surface area contributed by atoms with Gasteiger partial charge in [0.15, 0.2) is 0 Å². The molecule has 0 bridgehead atoms. The molecule has 1 heterocycles. The number of anilines is 1. The molecule has 0 atom stereocenters. The van der Waals surface area contributed by atoms with Gasteiger partial charge in [0, 0.05) is 22.2 Å². The van der Waals surface area contributed by atoms with E-state index in [2.05, 4.69) is 51.8 Å². The van der Waals surface area contributed by atoms with Gasteiger partial charge in [0.2, 0.25) is 0 Å². The average Bonchev–Trinajstić information content (AvgIpc) is 2.53. The molecule has 0 aromatic heterocycles. The molecule has 1 saturated heterocycles. The highest BCUT2D eigenvalue weighted by Crippen LogP contribution is 2.21. The molecule has 0 unspecified atom stereocenters. The van der Waals surface area contributed by atoms with E-state index in [-0.39, 0.29) is 0 Å². The van der Waals surface area contributed by atoms with E-state index in [9.17, 15) is 0 Å². The molecule has 1 fully saturated rings. The fourth-order valence-corrected chi connectivity index (χ4v) is 1.94. The molecular weight excluding hydrogens is 275 g/mol. The van der Waals surface area contributed by atoms with Gasteiger partial charge in [-0.15, -0.1) is 0 Å². The van der Waals surface area contributed by atoms with Crippen LogP contribution in [0.4, 0.5) is 5.69 Å². The summed E-state index contributed by atoms with van der Waals surface area (Å²) in [5.41, 5.74) is 1.16. The van der Waals surface area contributed by atoms with Gasteiger partial charge in [-0.05, 0) is 53.3 Å². The van der Waals surface area contributed by atoms with Gasteiger partial charge < -0.3 is 4.90 Å². The first-order valence-corrected chi connectivity index (χ1v) is 5.46. The first-order valence-electron chi connectivity index (χ1n) is 4.38. The van der Waals surface area contributed by atoms with Gasteiger partial charge in [0.25, 0.3) is 0 Å². The monoisotopic (exact) mass is 286 g/mol. The van der Waals surface area contributed by atoms with Crippen molar-refractivity contribution < 1.29 is 0 Å². The van der Waals surface area contributed by atoms with Crippen LogP contribution in [0.5, 0.6) is 0 Å². The normalized spacial score (nSPS) is 16.7. The number of benzene rings is 1. The fourth-order valence-electron chi connectivity index (χ4n) is 1.58. The van der Waals surface area contributed by atoms with E-state index in [4.69, 9.17) is 5.41 Å². The minimum atomic E-state index is 0.751. The molecule has 1 aromatic carbocycles. The van der Waals surface area contributed by atoms with E-state index in [1.807, 2.05) is 0 Å². The molecule has 0 aliphatic carbocycles. The Hall–Kier alpha value is -0.580. The number of amidine groups is 1. The lowest BCUT2D eigenvalue weighted by molar-refractivity contribution is 0.956. The quantitative estimate of drug-likeness (QED) is 0.790. The SMILES string of the molecule is N=C1CCCN1c1ccc(I)cc1. The minimum Gasteiger partial charge on any atom is -0.330 e. The molecule has 1 aliphatic rings. The predicted octanol–water partition coefficient (Wildman–Crippen LogP) is 2.87. The van der Waals surface area contributed by atoms with Crippen LogP contribution < -0.4 is 4.90 Å². The van der Waals surface area contributed by atoms with Crippen LogP contribution in [0, 0.1) is 8.98 Å².